The van der Waals surface area contributed by atoms with Gasteiger partial charge in [0.15, 0.2) is 0 Å². The summed E-state index contributed by atoms with van der Waals surface area (Å²) in [7, 11) is 2.28. The summed E-state index contributed by atoms with van der Waals surface area (Å²) in [6.45, 7) is 12.7. The number of nitrogens with two attached hydrogens (primary N) is 1. The molecule has 0 saturated heterocycles. The van der Waals surface area contributed by atoms with E-state index in [4.69, 9.17) is 5.73 Å². The third kappa shape index (κ3) is 4.12. The normalized spacial score (nSPS) is 26.4. The van der Waals surface area contributed by atoms with Gasteiger partial charge in [0.25, 0.3) is 0 Å². The van der Waals surface area contributed by atoms with Crippen LogP contribution in [0, 0.1) is 10.8 Å². The Hall–Kier alpha value is 0.270. The smallest absolute Gasteiger partial charge is 0.0342 e. The molecule has 2 N–H and O–H groups in total. The summed E-state index contributed by atoms with van der Waals surface area (Å²) < 4.78 is 0. The fraction of sp³-hybridized carbons (Fsp3) is 1.00. The van der Waals surface area contributed by atoms with E-state index in [0.29, 0.717) is 16.9 Å². The van der Waals surface area contributed by atoms with Crippen LogP contribution < -0.4 is 5.73 Å². The van der Waals surface area contributed by atoms with E-state index in [-0.39, 0.29) is 5.54 Å². The first-order valence-electron chi connectivity index (χ1n) is 7.49. The molecule has 0 amide bonds. The van der Waals surface area contributed by atoms with Gasteiger partial charge in [-0.05, 0) is 50.3 Å². The highest BCUT2D eigenvalue weighted by Crippen LogP contribution is 2.51. The van der Waals surface area contributed by atoms with Gasteiger partial charge in [-0.15, -0.1) is 0 Å². The predicted octanol–water partition coefficient (Wildman–Crippen LogP) is 3.60. The summed E-state index contributed by atoms with van der Waals surface area (Å²) in [5.74, 6) is 1.18. The first-order chi connectivity index (χ1) is 8.57. The Morgan fingerprint density at radius 2 is 1.58 bits per heavy atom. The van der Waals surface area contributed by atoms with Crippen molar-refractivity contribution in [2.24, 2.45) is 16.6 Å². The second-order valence-electron chi connectivity index (χ2n) is 8.20. The number of hydrogen-bond acceptors (Lipinski definition) is 3. The summed E-state index contributed by atoms with van der Waals surface area (Å²) in [5, 5.41) is 0. The minimum absolute atomic E-state index is 0.167. The van der Waals surface area contributed by atoms with E-state index in [2.05, 4.69) is 52.8 Å². The predicted molar refractivity (Wildman–Crippen MR) is 88.8 cm³/mol. The SMILES string of the molecule is CSCC(C)N(C)C1(CN)CC(C)(C)CC(C)(C)C1. The molecule has 2 nitrogen and oxygen atoms in total. The molecule has 1 fully saturated rings. The maximum absolute atomic E-state index is 6.27. The molecule has 0 radical (unpaired) electrons. The van der Waals surface area contributed by atoms with Gasteiger partial charge in [-0.1, -0.05) is 27.7 Å². The van der Waals surface area contributed by atoms with Crippen molar-refractivity contribution in [1.29, 1.82) is 0 Å². The molecule has 0 heterocycles. The van der Waals surface area contributed by atoms with Crippen molar-refractivity contribution in [3.05, 3.63) is 0 Å². The second-order valence-corrected chi connectivity index (χ2v) is 9.11. The second kappa shape index (κ2) is 5.95. The first kappa shape index (κ1) is 17.3. The molecule has 0 spiro atoms. The average Bonchev–Trinajstić information content (AvgIpc) is 2.24. The summed E-state index contributed by atoms with van der Waals surface area (Å²) in [6, 6.07) is 0.586. The van der Waals surface area contributed by atoms with Crippen LogP contribution in [0.25, 0.3) is 0 Å². The number of rotatable bonds is 5. The van der Waals surface area contributed by atoms with Crippen molar-refractivity contribution in [2.45, 2.75) is 65.5 Å². The van der Waals surface area contributed by atoms with E-state index < -0.39 is 0 Å². The lowest BCUT2D eigenvalue weighted by Gasteiger charge is -2.56. The van der Waals surface area contributed by atoms with Crippen LogP contribution in [-0.4, -0.2) is 42.1 Å². The zero-order chi connectivity index (χ0) is 14.9. The van der Waals surface area contributed by atoms with Gasteiger partial charge in [0.1, 0.15) is 0 Å². The van der Waals surface area contributed by atoms with Crippen molar-refractivity contribution in [2.75, 3.05) is 25.6 Å². The maximum atomic E-state index is 6.27. The highest BCUT2D eigenvalue weighted by molar-refractivity contribution is 7.98. The van der Waals surface area contributed by atoms with Gasteiger partial charge in [0.2, 0.25) is 0 Å². The van der Waals surface area contributed by atoms with Crippen LogP contribution in [0.4, 0.5) is 0 Å². The molecule has 0 aromatic rings. The van der Waals surface area contributed by atoms with Crippen LogP contribution in [0.15, 0.2) is 0 Å². The molecule has 0 bridgehead atoms. The Bertz CT molecular complexity index is 283. The van der Waals surface area contributed by atoms with Gasteiger partial charge in [0.05, 0.1) is 0 Å². The van der Waals surface area contributed by atoms with E-state index in [1.165, 1.54) is 25.0 Å². The molecule has 1 unspecified atom stereocenters. The van der Waals surface area contributed by atoms with Crippen molar-refractivity contribution in [1.82, 2.24) is 4.90 Å². The van der Waals surface area contributed by atoms with Crippen molar-refractivity contribution < 1.29 is 0 Å². The molecule has 0 aliphatic heterocycles. The zero-order valence-corrected chi connectivity index (χ0v) is 14.9. The zero-order valence-electron chi connectivity index (χ0n) is 14.0. The Kier molecular flexibility index (Phi) is 5.42. The van der Waals surface area contributed by atoms with E-state index in [1.807, 2.05) is 11.8 Å². The number of likely N-dealkylation sites (N-methyl/N-ethyl adjacent to an activating group) is 1. The largest absolute Gasteiger partial charge is 0.329 e. The van der Waals surface area contributed by atoms with Crippen LogP contribution in [0.3, 0.4) is 0 Å². The fourth-order valence-corrected chi connectivity index (χ4v) is 5.33. The first-order valence-corrected chi connectivity index (χ1v) is 8.89. The fourth-order valence-electron chi connectivity index (χ4n) is 4.62. The number of thioether (sulfide) groups is 1. The maximum Gasteiger partial charge on any atom is 0.0342 e. The molecular formula is C16H34N2S. The molecule has 1 aliphatic rings. The van der Waals surface area contributed by atoms with Gasteiger partial charge in [-0.2, -0.15) is 11.8 Å². The molecule has 114 valence electrons. The number of nitrogens with zero attached hydrogens (tertiary/aromatic N) is 1. The van der Waals surface area contributed by atoms with Crippen LogP contribution in [0.2, 0.25) is 0 Å². The Balaban J connectivity index is 3.01. The monoisotopic (exact) mass is 286 g/mol. The van der Waals surface area contributed by atoms with Gasteiger partial charge in [0, 0.05) is 23.9 Å². The molecule has 1 aliphatic carbocycles. The van der Waals surface area contributed by atoms with Crippen molar-refractivity contribution in [3.63, 3.8) is 0 Å². The van der Waals surface area contributed by atoms with Crippen molar-refractivity contribution >= 4 is 11.8 Å². The summed E-state index contributed by atoms with van der Waals surface area (Å²) >= 11 is 1.93. The molecule has 0 aromatic carbocycles. The third-order valence-corrected chi connectivity index (χ3v) is 5.59. The quantitative estimate of drug-likeness (QED) is 0.837. The van der Waals surface area contributed by atoms with Crippen LogP contribution in [0.1, 0.15) is 53.9 Å². The minimum Gasteiger partial charge on any atom is -0.329 e. The van der Waals surface area contributed by atoms with Gasteiger partial charge in [-0.3, -0.25) is 4.90 Å². The van der Waals surface area contributed by atoms with Gasteiger partial charge < -0.3 is 5.73 Å². The highest BCUT2D eigenvalue weighted by Gasteiger charge is 2.49. The molecule has 1 atom stereocenters. The average molecular weight is 287 g/mol. The number of hydrogen-bond donors (Lipinski definition) is 1. The molecular weight excluding hydrogens is 252 g/mol. The lowest BCUT2D eigenvalue weighted by Crippen LogP contribution is -2.62. The van der Waals surface area contributed by atoms with Gasteiger partial charge >= 0.3 is 0 Å². The third-order valence-electron chi connectivity index (χ3n) is 4.77. The van der Waals surface area contributed by atoms with Crippen LogP contribution >= 0.6 is 11.8 Å². The minimum atomic E-state index is 0.167. The Labute approximate surface area is 124 Å². The molecule has 0 aromatic heterocycles. The van der Waals surface area contributed by atoms with Crippen LogP contribution in [-0.2, 0) is 0 Å². The molecule has 1 saturated carbocycles. The van der Waals surface area contributed by atoms with E-state index in [1.54, 1.807) is 0 Å². The van der Waals surface area contributed by atoms with E-state index >= 15 is 0 Å². The summed E-state index contributed by atoms with van der Waals surface area (Å²) in [6.07, 6.45) is 5.92. The summed E-state index contributed by atoms with van der Waals surface area (Å²) in [5.41, 5.74) is 7.20. The Morgan fingerprint density at radius 3 is 1.95 bits per heavy atom. The van der Waals surface area contributed by atoms with Crippen molar-refractivity contribution in [3.8, 4) is 0 Å². The van der Waals surface area contributed by atoms with E-state index in [0.717, 1.165) is 6.54 Å². The molecule has 3 heteroatoms. The lowest BCUT2D eigenvalue weighted by molar-refractivity contribution is -0.0434. The standard InChI is InChI=1S/C16H34N2S/c1-13(8-19-7)18(6)16(12-17)10-14(2,3)9-15(4,5)11-16/h13H,8-12,17H2,1-7H3. The molecule has 19 heavy (non-hydrogen) atoms. The topological polar surface area (TPSA) is 29.3 Å². The Morgan fingerprint density at radius 1 is 1.11 bits per heavy atom. The summed E-state index contributed by atoms with van der Waals surface area (Å²) in [4.78, 5) is 2.58. The van der Waals surface area contributed by atoms with E-state index in [9.17, 15) is 0 Å². The lowest BCUT2D eigenvalue weighted by atomic mass is 9.58. The highest BCUT2D eigenvalue weighted by atomic mass is 32.2. The van der Waals surface area contributed by atoms with Crippen LogP contribution in [0.5, 0.6) is 0 Å². The molecule has 1 rings (SSSR count). The van der Waals surface area contributed by atoms with Gasteiger partial charge in [-0.25, -0.2) is 0 Å².